The zero-order chi connectivity index (χ0) is 16.4. The number of ether oxygens (including phenoxy) is 1. The summed E-state index contributed by atoms with van der Waals surface area (Å²) in [5.41, 5.74) is 6.88. The number of nitrogens with one attached hydrogen (secondary N) is 1. The van der Waals surface area contributed by atoms with Gasteiger partial charge in [0.25, 0.3) is 0 Å². The first kappa shape index (κ1) is 15.3. The van der Waals surface area contributed by atoms with Gasteiger partial charge in [0, 0.05) is 23.3 Å². The molecule has 3 heteroatoms. The van der Waals surface area contributed by atoms with Crippen molar-refractivity contribution < 1.29 is 4.74 Å². The van der Waals surface area contributed by atoms with Crippen LogP contribution in [0.2, 0.25) is 0 Å². The first-order valence-corrected chi connectivity index (χ1v) is 7.83. The van der Waals surface area contributed by atoms with Gasteiger partial charge in [-0.15, -0.1) is 0 Å². The number of benzene rings is 2. The van der Waals surface area contributed by atoms with Crippen LogP contribution >= 0.6 is 0 Å². The van der Waals surface area contributed by atoms with Crippen LogP contribution in [0.1, 0.15) is 22.4 Å². The van der Waals surface area contributed by atoms with Crippen LogP contribution in [0.3, 0.4) is 0 Å². The molecule has 3 aromatic rings. The van der Waals surface area contributed by atoms with Gasteiger partial charge in [0.1, 0.15) is 11.3 Å². The van der Waals surface area contributed by atoms with Gasteiger partial charge in [-0.3, -0.25) is 0 Å². The van der Waals surface area contributed by atoms with Gasteiger partial charge in [-0.25, -0.2) is 4.98 Å². The van der Waals surface area contributed by atoms with E-state index in [4.69, 9.17) is 4.74 Å². The third-order valence-electron chi connectivity index (χ3n) is 4.12. The highest BCUT2D eigenvalue weighted by Crippen LogP contribution is 2.30. The Morgan fingerprint density at radius 2 is 1.87 bits per heavy atom. The van der Waals surface area contributed by atoms with Gasteiger partial charge in [-0.1, -0.05) is 35.9 Å². The van der Waals surface area contributed by atoms with E-state index >= 15 is 0 Å². The fraction of sp³-hybridized carbons (Fsp3) is 0.250. The Hall–Kier alpha value is -2.55. The molecule has 0 fully saturated rings. The van der Waals surface area contributed by atoms with E-state index in [1.807, 2.05) is 19.1 Å². The molecule has 23 heavy (non-hydrogen) atoms. The number of hydrogen-bond acceptors (Lipinski definition) is 3. The molecular formula is C20H22N2O. The number of hydrogen-bond donors (Lipinski definition) is 1. The Labute approximate surface area is 137 Å². The summed E-state index contributed by atoms with van der Waals surface area (Å²) in [6, 6.07) is 14.7. The van der Waals surface area contributed by atoms with Gasteiger partial charge in [0.15, 0.2) is 0 Å². The summed E-state index contributed by atoms with van der Waals surface area (Å²) in [7, 11) is 1.68. The lowest BCUT2D eigenvalue weighted by Crippen LogP contribution is -2.03. The molecule has 1 heterocycles. The monoisotopic (exact) mass is 306 g/mol. The molecule has 0 aliphatic rings. The molecular weight excluding hydrogens is 284 g/mol. The standard InChI is InChI=1S/C20H22N2O/c1-13-8-9-16(14(2)10-13)12-21-18-11-15(3)22-20-17(18)6-5-7-19(20)23-4/h5-11H,12H2,1-4H3,(H,21,22). The second-order valence-corrected chi connectivity index (χ2v) is 5.95. The predicted molar refractivity (Wildman–Crippen MR) is 96.3 cm³/mol. The third kappa shape index (κ3) is 3.14. The Kier molecular flexibility index (Phi) is 4.20. The predicted octanol–water partition coefficient (Wildman–Crippen LogP) is 4.78. The molecule has 0 amide bonds. The summed E-state index contributed by atoms with van der Waals surface area (Å²) in [5.74, 6) is 0.806. The van der Waals surface area contributed by atoms with Gasteiger partial charge in [-0.05, 0) is 44.0 Å². The molecule has 0 saturated heterocycles. The van der Waals surface area contributed by atoms with Gasteiger partial charge in [-0.2, -0.15) is 0 Å². The van der Waals surface area contributed by atoms with Crippen LogP contribution in [-0.2, 0) is 6.54 Å². The maximum absolute atomic E-state index is 5.44. The van der Waals surface area contributed by atoms with Crippen molar-refractivity contribution >= 4 is 16.6 Å². The van der Waals surface area contributed by atoms with Crippen LogP contribution in [0.25, 0.3) is 10.9 Å². The number of nitrogens with zero attached hydrogens (tertiary/aromatic N) is 1. The molecule has 118 valence electrons. The summed E-state index contributed by atoms with van der Waals surface area (Å²) in [5, 5.41) is 4.64. The minimum absolute atomic E-state index is 0.794. The summed E-state index contributed by atoms with van der Waals surface area (Å²) in [6.45, 7) is 7.08. The van der Waals surface area contributed by atoms with Crippen molar-refractivity contribution in [2.75, 3.05) is 12.4 Å². The molecule has 0 aliphatic heterocycles. The van der Waals surface area contributed by atoms with Crippen LogP contribution in [0.15, 0.2) is 42.5 Å². The average Bonchev–Trinajstić information content (AvgIpc) is 2.53. The smallest absolute Gasteiger partial charge is 0.145 e. The molecule has 2 aromatic carbocycles. The van der Waals surface area contributed by atoms with Crippen LogP contribution in [-0.4, -0.2) is 12.1 Å². The van der Waals surface area contributed by atoms with Crippen molar-refractivity contribution in [1.29, 1.82) is 0 Å². The van der Waals surface area contributed by atoms with Crippen molar-refractivity contribution in [3.63, 3.8) is 0 Å². The highest BCUT2D eigenvalue weighted by molar-refractivity contribution is 5.95. The van der Waals surface area contributed by atoms with Crippen LogP contribution in [0.4, 0.5) is 5.69 Å². The Morgan fingerprint density at radius 1 is 1.04 bits per heavy atom. The summed E-state index contributed by atoms with van der Waals surface area (Å²) >= 11 is 0. The quantitative estimate of drug-likeness (QED) is 0.753. The van der Waals surface area contributed by atoms with E-state index < -0.39 is 0 Å². The van der Waals surface area contributed by atoms with E-state index in [9.17, 15) is 0 Å². The van der Waals surface area contributed by atoms with Crippen LogP contribution < -0.4 is 10.1 Å². The lowest BCUT2D eigenvalue weighted by molar-refractivity contribution is 0.419. The fourth-order valence-corrected chi connectivity index (χ4v) is 2.90. The second kappa shape index (κ2) is 6.29. The highest BCUT2D eigenvalue weighted by Gasteiger charge is 2.09. The zero-order valence-corrected chi connectivity index (χ0v) is 14.1. The van der Waals surface area contributed by atoms with Crippen molar-refractivity contribution in [1.82, 2.24) is 4.98 Å². The van der Waals surface area contributed by atoms with Crippen molar-refractivity contribution in [2.45, 2.75) is 27.3 Å². The highest BCUT2D eigenvalue weighted by atomic mass is 16.5. The number of aryl methyl sites for hydroxylation is 3. The van der Waals surface area contributed by atoms with E-state index in [0.29, 0.717) is 0 Å². The molecule has 3 nitrogen and oxygen atoms in total. The number of para-hydroxylation sites is 1. The number of methoxy groups -OCH3 is 1. The topological polar surface area (TPSA) is 34.1 Å². The fourth-order valence-electron chi connectivity index (χ4n) is 2.90. The maximum atomic E-state index is 5.44. The minimum atomic E-state index is 0.794. The van der Waals surface area contributed by atoms with Gasteiger partial charge >= 0.3 is 0 Å². The number of fused-ring (bicyclic) bond motifs is 1. The maximum Gasteiger partial charge on any atom is 0.145 e. The lowest BCUT2D eigenvalue weighted by Gasteiger charge is -2.14. The lowest BCUT2D eigenvalue weighted by atomic mass is 10.1. The Balaban J connectivity index is 1.96. The molecule has 3 rings (SSSR count). The van der Waals surface area contributed by atoms with Crippen LogP contribution in [0.5, 0.6) is 5.75 Å². The Morgan fingerprint density at radius 3 is 2.61 bits per heavy atom. The number of pyridine rings is 1. The van der Waals surface area contributed by atoms with E-state index in [1.54, 1.807) is 7.11 Å². The van der Waals surface area contributed by atoms with Crippen molar-refractivity contribution in [2.24, 2.45) is 0 Å². The normalized spacial score (nSPS) is 10.8. The molecule has 0 unspecified atom stereocenters. The largest absolute Gasteiger partial charge is 0.494 e. The zero-order valence-electron chi connectivity index (χ0n) is 14.1. The summed E-state index contributed by atoms with van der Waals surface area (Å²) in [6.07, 6.45) is 0. The van der Waals surface area contributed by atoms with Gasteiger partial charge < -0.3 is 10.1 Å². The molecule has 1 N–H and O–H groups in total. The van der Waals surface area contributed by atoms with Crippen molar-refractivity contribution in [3.05, 3.63) is 64.8 Å². The first-order chi connectivity index (χ1) is 11.1. The molecule has 0 radical (unpaired) electrons. The molecule has 0 saturated carbocycles. The second-order valence-electron chi connectivity index (χ2n) is 5.95. The molecule has 1 aromatic heterocycles. The van der Waals surface area contributed by atoms with E-state index in [0.717, 1.165) is 34.6 Å². The average molecular weight is 306 g/mol. The number of aromatic nitrogens is 1. The van der Waals surface area contributed by atoms with Gasteiger partial charge in [0.05, 0.1) is 7.11 Å². The Bertz CT molecular complexity index is 856. The van der Waals surface area contributed by atoms with Gasteiger partial charge in [0.2, 0.25) is 0 Å². The van der Waals surface area contributed by atoms with Crippen LogP contribution in [0, 0.1) is 20.8 Å². The molecule has 0 bridgehead atoms. The first-order valence-electron chi connectivity index (χ1n) is 7.83. The SMILES string of the molecule is COc1cccc2c(NCc3ccc(C)cc3C)cc(C)nc12. The molecule has 0 atom stereocenters. The van der Waals surface area contributed by atoms with E-state index in [2.05, 4.69) is 54.5 Å². The van der Waals surface area contributed by atoms with Crippen molar-refractivity contribution in [3.8, 4) is 5.75 Å². The molecule has 0 spiro atoms. The third-order valence-corrected chi connectivity index (χ3v) is 4.12. The number of anilines is 1. The number of rotatable bonds is 4. The minimum Gasteiger partial charge on any atom is -0.494 e. The van der Waals surface area contributed by atoms with E-state index in [1.165, 1.54) is 16.7 Å². The molecule has 0 aliphatic carbocycles. The van der Waals surface area contributed by atoms with E-state index in [-0.39, 0.29) is 0 Å². The summed E-state index contributed by atoms with van der Waals surface area (Å²) in [4.78, 5) is 4.63. The summed E-state index contributed by atoms with van der Waals surface area (Å²) < 4.78 is 5.44.